The second-order valence-corrected chi connectivity index (χ2v) is 7.50. The molecule has 1 aliphatic carbocycles. The lowest BCUT2D eigenvalue weighted by atomic mass is 9.95. The summed E-state index contributed by atoms with van der Waals surface area (Å²) in [6, 6.07) is 9.89. The van der Waals surface area contributed by atoms with E-state index >= 15 is 0 Å². The summed E-state index contributed by atoms with van der Waals surface area (Å²) in [7, 11) is 0. The lowest BCUT2D eigenvalue weighted by Gasteiger charge is -2.30. The number of benzene rings is 1. The third kappa shape index (κ3) is 3.71. The number of hydrogen-bond acceptors (Lipinski definition) is 3. The zero-order chi connectivity index (χ0) is 16.2. The van der Waals surface area contributed by atoms with Gasteiger partial charge in [0, 0.05) is 18.7 Å². The molecule has 124 valence electrons. The fourth-order valence-corrected chi connectivity index (χ4v) is 4.99. The van der Waals surface area contributed by atoms with E-state index in [1.807, 2.05) is 30.3 Å². The van der Waals surface area contributed by atoms with Crippen LogP contribution in [0.1, 0.15) is 50.0 Å². The van der Waals surface area contributed by atoms with Gasteiger partial charge in [-0.1, -0.05) is 49.6 Å². The summed E-state index contributed by atoms with van der Waals surface area (Å²) in [5, 5.41) is 3.11. The van der Waals surface area contributed by atoms with Crippen LogP contribution in [0.5, 0.6) is 0 Å². The van der Waals surface area contributed by atoms with Crippen molar-refractivity contribution in [2.75, 3.05) is 5.75 Å². The first-order valence-electron chi connectivity index (χ1n) is 8.42. The first-order chi connectivity index (χ1) is 11.2. The van der Waals surface area contributed by atoms with Crippen LogP contribution in [0.15, 0.2) is 30.3 Å². The monoisotopic (exact) mass is 332 g/mol. The molecule has 0 spiro atoms. The number of nitrogens with zero attached hydrogens (tertiary/aromatic N) is 1. The summed E-state index contributed by atoms with van der Waals surface area (Å²) in [6.07, 6.45) is 5.77. The van der Waals surface area contributed by atoms with Crippen molar-refractivity contribution in [1.29, 1.82) is 0 Å². The number of nitrogens with one attached hydrogen (secondary N) is 1. The molecule has 0 aromatic heterocycles. The first kappa shape index (κ1) is 16.4. The van der Waals surface area contributed by atoms with Gasteiger partial charge in [0.2, 0.25) is 11.8 Å². The maximum absolute atomic E-state index is 12.7. The third-order valence-electron chi connectivity index (χ3n) is 4.70. The molecule has 1 N–H and O–H groups in total. The predicted octanol–water partition coefficient (Wildman–Crippen LogP) is 3.10. The van der Waals surface area contributed by atoms with E-state index in [9.17, 15) is 9.59 Å². The molecular formula is C18H24N2O2S. The number of thioether (sulfide) groups is 1. The second kappa shape index (κ2) is 7.39. The number of amides is 2. The Morgan fingerprint density at radius 2 is 1.83 bits per heavy atom. The Bertz CT molecular complexity index is 557. The van der Waals surface area contributed by atoms with Crippen LogP contribution in [0.4, 0.5) is 0 Å². The van der Waals surface area contributed by atoms with E-state index in [4.69, 9.17) is 0 Å². The van der Waals surface area contributed by atoms with Gasteiger partial charge >= 0.3 is 0 Å². The Balaban J connectivity index is 1.71. The molecule has 1 aliphatic heterocycles. The highest BCUT2D eigenvalue weighted by atomic mass is 32.2. The summed E-state index contributed by atoms with van der Waals surface area (Å²) in [5.74, 6) is 0.642. The van der Waals surface area contributed by atoms with Crippen molar-refractivity contribution >= 4 is 23.6 Å². The van der Waals surface area contributed by atoms with Crippen LogP contribution in [0.2, 0.25) is 0 Å². The van der Waals surface area contributed by atoms with Crippen LogP contribution in [-0.4, -0.2) is 34.6 Å². The number of rotatable bonds is 3. The lowest BCUT2D eigenvalue weighted by molar-refractivity contribution is -0.138. The quantitative estimate of drug-likeness (QED) is 0.925. The van der Waals surface area contributed by atoms with E-state index in [1.54, 1.807) is 23.6 Å². The minimum absolute atomic E-state index is 0.0121. The van der Waals surface area contributed by atoms with E-state index in [1.165, 1.54) is 19.3 Å². The molecule has 3 rings (SSSR count). The molecule has 0 unspecified atom stereocenters. The maximum atomic E-state index is 12.7. The highest BCUT2D eigenvalue weighted by molar-refractivity contribution is 7.99. The Kier molecular flexibility index (Phi) is 5.26. The Morgan fingerprint density at radius 3 is 2.48 bits per heavy atom. The summed E-state index contributed by atoms with van der Waals surface area (Å²) in [4.78, 5) is 26.6. The molecule has 1 heterocycles. The van der Waals surface area contributed by atoms with Gasteiger partial charge in [-0.05, 0) is 18.4 Å². The normalized spacial score (nSPS) is 25.3. The van der Waals surface area contributed by atoms with Crippen molar-refractivity contribution in [3.8, 4) is 0 Å². The maximum Gasteiger partial charge on any atom is 0.243 e. The van der Waals surface area contributed by atoms with Gasteiger partial charge in [0.25, 0.3) is 0 Å². The van der Waals surface area contributed by atoms with Crippen molar-refractivity contribution in [2.45, 2.75) is 56.5 Å². The minimum Gasteiger partial charge on any atom is -0.352 e. The highest BCUT2D eigenvalue weighted by Gasteiger charge is 2.41. The first-order valence-corrected chi connectivity index (χ1v) is 9.47. The number of carbonyl (C=O) groups is 2. The van der Waals surface area contributed by atoms with Gasteiger partial charge in [-0.2, -0.15) is 0 Å². The van der Waals surface area contributed by atoms with E-state index in [0.29, 0.717) is 5.75 Å². The Hall–Kier alpha value is -1.49. The summed E-state index contributed by atoms with van der Waals surface area (Å²) in [6.45, 7) is 1.56. The molecule has 2 amide bonds. The molecule has 4 nitrogen and oxygen atoms in total. The standard InChI is InChI=1S/C18H24N2O2S/c1-13(21)20-16(17(22)19-15-10-6-3-7-11-15)12-23-18(20)14-8-4-2-5-9-14/h2,4-5,8-9,15-16,18H,3,6-7,10-12H2,1H3,(H,19,22)/t16-,18+/m1/s1. The van der Waals surface area contributed by atoms with E-state index in [0.717, 1.165) is 18.4 Å². The van der Waals surface area contributed by atoms with Gasteiger partial charge in [-0.15, -0.1) is 11.8 Å². The number of carbonyl (C=O) groups excluding carboxylic acids is 2. The molecule has 23 heavy (non-hydrogen) atoms. The van der Waals surface area contributed by atoms with E-state index < -0.39 is 0 Å². The van der Waals surface area contributed by atoms with Crippen LogP contribution in [-0.2, 0) is 9.59 Å². The third-order valence-corrected chi connectivity index (χ3v) is 6.03. The van der Waals surface area contributed by atoms with Gasteiger partial charge in [-0.3, -0.25) is 9.59 Å². The second-order valence-electron chi connectivity index (χ2n) is 6.38. The lowest BCUT2D eigenvalue weighted by Crippen LogP contribution is -2.50. The van der Waals surface area contributed by atoms with Gasteiger partial charge in [0.1, 0.15) is 11.4 Å². The molecule has 0 radical (unpaired) electrons. The summed E-state index contributed by atoms with van der Waals surface area (Å²) >= 11 is 1.67. The van der Waals surface area contributed by atoms with Crippen molar-refractivity contribution in [2.24, 2.45) is 0 Å². The van der Waals surface area contributed by atoms with Crippen LogP contribution >= 0.6 is 11.8 Å². The molecule has 1 aromatic rings. The topological polar surface area (TPSA) is 49.4 Å². The fourth-order valence-electron chi connectivity index (χ4n) is 3.51. The van der Waals surface area contributed by atoms with E-state index in [-0.39, 0.29) is 29.3 Å². The molecular weight excluding hydrogens is 308 g/mol. The van der Waals surface area contributed by atoms with Crippen molar-refractivity contribution in [1.82, 2.24) is 10.2 Å². The Morgan fingerprint density at radius 1 is 1.13 bits per heavy atom. The van der Waals surface area contributed by atoms with Crippen LogP contribution in [0.3, 0.4) is 0 Å². The molecule has 2 atom stereocenters. The molecule has 5 heteroatoms. The zero-order valence-corrected chi connectivity index (χ0v) is 14.3. The van der Waals surface area contributed by atoms with Gasteiger partial charge in [0.15, 0.2) is 0 Å². The minimum atomic E-state index is -0.357. The van der Waals surface area contributed by atoms with Crippen LogP contribution in [0.25, 0.3) is 0 Å². The van der Waals surface area contributed by atoms with Crippen molar-refractivity contribution in [3.63, 3.8) is 0 Å². The fraction of sp³-hybridized carbons (Fsp3) is 0.556. The SMILES string of the molecule is CC(=O)N1[C@@H](C(=O)NC2CCCCC2)CS[C@H]1c1ccccc1. The predicted molar refractivity (Wildman–Crippen MR) is 93.0 cm³/mol. The summed E-state index contributed by atoms with van der Waals surface area (Å²) < 4.78 is 0. The van der Waals surface area contributed by atoms with Gasteiger partial charge in [0.05, 0.1) is 0 Å². The average Bonchev–Trinajstić information content (AvgIpc) is 3.02. The zero-order valence-electron chi connectivity index (χ0n) is 13.5. The average molecular weight is 332 g/mol. The molecule has 0 bridgehead atoms. The van der Waals surface area contributed by atoms with E-state index in [2.05, 4.69) is 5.32 Å². The summed E-state index contributed by atoms with van der Waals surface area (Å²) in [5.41, 5.74) is 1.08. The Labute approximate surface area is 142 Å². The van der Waals surface area contributed by atoms with Crippen LogP contribution < -0.4 is 5.32 Å². The molecule has 2 fully saturated rings. The smallest absolute Gasteiger partial charge is 0.243 e. The van der Waals surface area contributed by atoms with Gasteiger partial charge < -0.3 is 10.2 Å². The van der Waals surface area contributed by atoms with Crippen molar-refractivity contribution < 1.29 is 9.59 Å². The van der Waals surface area contributed by atoms with Crippen molar-refractivity contribution in [3.05, 3.63) is 35.9 Å². The number of hydrogen-bond donors (Lipinski definition) is 1. The molecule has 1 saturated heterocycles. The van der Waals surface area contributed by atoms with Crippen LogP contribution in [0, 0.1) is 0 Å². The molecule has 2 aliphatic rings. The highest BCUT2D eigenvalue weighted by Crippen LogP contribution is 2.41. The molecule has 1 saturated carbocycles. The molecule has 1 aromatic carbocycles. The largest absolute Gasteiger partial charge is 0.352 e. The van der Waals surface area contributed by atoms with Gasteiger partial charge in [-0.25, -0.2) is 0 Å².